The Bertz CT molecular complexity index is 1120. The van der Waals surface area contributed by atoms with Gasteiger partial charge in [0.05, 0.1) is 18.4 Å². The van der Waals surface area contributed by atoms with Crippen molar-refractivity contribution in [3.05, 3.63) is 41.2 Å². The molecule has 0 aliphatic carbocycles. The van der Waals surface area contributed by atoms with E-state index in [1.165, 1.54) is 4.90 Å². The summed E-state index contributed by atoms with van der Waals surface area (Å²) < 4.78 is 1.56. The third kappa shape index (κ3) is 4.23. The SMILES string of the molecule is O=C1CCC(N2Cc3ccc(-n4cc(CNC(=O)C5CCNCC5)nn4)cc3C2=O)C(=O)N1. The molecular weight excluding hydrogens is 426 g/mol. The molecule has 1 unspecified atom stereocenters. The predicted octanol–water partition coefficient (Wildman–Crippen LogP) is -0.356. The Hall–Kier alpha value is -3.60. The second kappa shape index (κ2) is 8.74. The van der Waals surface area contributed by atoms with Crippen LogP contribution in [-0.4, -0.2) is 62.7 Å². The molecule has 3 aliphatic rings. The van der Waals surface area contributed by atoms with Crippen molar-refractivity contribution in [1.82, 2.24) is 35.8 Å². The van der Waals surface area contributed by atoms with Crippen molar-refractivity contribution in [2.75, 3.05) is 13.1 Å². The summed E-state index contributed by atoms with van der Waals surface area (Å²) in [6.07, 6.45) is 3.93. The zero-order chi connectivity index (χ0) is 22.9. The number of fused-ring (bicyclic) bond motifs is 1. The van der Waals surface area contributed by atoms with E-state index < -0.39 is 11.9 Å². The highest BCUT2D eigenvalue weighted by Gasteiger charge is 2.39. The molecule has 172 valence electrons. The Labute approximate surface area is 189 Å². The molecule has 0 spiro atoms. The van der Waals surface area contributed by atoms with Crippen molar-refractivity contribution in [3.8, 4) is 5.69 Å². The van der Waals surface area contributed by atoms with Crippen LogP contribution in [-0.2, 0) is 27.5 Å². The number of rotatable bonds is 5. The van der Waals surface area contributed by atoms with Crippen LogP contribution in [0, 0.1) is 5.92 Å². The van der Waals surface area contributed by atoms with Gasteiger partial charge in [-0.05, 0) is 50.0 Å². The average molecular weight is 451 g/mol. The predicted molar refractivity (Wildman–Crippen MR) is 115 cm³/mol. The summed E-state index contributed by atoms with van der Waals surface area (Å²) in [5.74, 6) is -0.924. The summed E-state index contributed by atoms with van der Waals surface area (Å²) in [4.78, 5) is 50.5. The lowest BCUT2D eigenvalue weighted by Gasteiger charge is -2.29. The summed E-state index contributed by atoms with van der Waals surface area (Å²) in [5, 5.41) is 16.7. The average Bonchev–Trinajstić information content (AvgIpc) is 3.43. The Morgan fingerprint density at radius 1 is 1.15 bits per heavy atom. The van der Waals surface area contributed by atoms with E-state index in [1.54, 1.807) is 16.9 Å². The molecule has 3 aliphatic heterocycles. The van der Waals surface area contributed by atoms with Gasteiger partial charge in [0, 0.05) is 24.4 Å². The maximum absolute atomic E-state index is 13.0. The molecule has 2 saturated heterocycles. The highest BCUT2D eigenvalue weighted by molar-refractivity contribution is 6.05. The molecule has 11 nitrogen and oxygen atoms in total. The molecule has 1 aromatic carbocycles. The largest absolute Gasteiger partial charge is 0.350 e. The van der Waals surface area contributed by atoms with Crippen LogP contribution in [0.4, 0.5) is 0 Å². The number of piperidine rings is 2. The summed E-state index contributed by atoms with van der Waals surface area (Å²) in [5.41, 5.74) is 2.61. The van der Waals surface area contributed by atoms with Gasteiger partial charge in [0.15, 0.2) is 0 Å². The van der Waals surface area contributed by atoms with Crippen LogP contribution >= 0.6 is 0 Å². The van der Waals surface area contributed by atoms with Gasteiger partial charge < -0.3 is 15.5 Å². The first kappa shape index (κ1) is 21.3. The summed E-state index contributed by atoms with van der Waals surface area (Å²) in [7, 11) is 0. The van der Waals surface area contributed by atoms with E-state index in [2.05, 4.69) is 26.3 Å². The minimum atomic E-state index is -0.646. The fourth-order valence-corrected chi connectivity index (χ4v) is 4.60. The molecule has 5 rings (SSSR count). The van der Waals surface area contributed by atoms with E-state index in [9.17, 15) is 19.2 Å². The normalized spacial score (nSPS) is 21.2. The van der Waals surface area contributed by atoms with Gasteiger partial charge in [-0.25, -0.2) is 4.68 Å². The lowest BCUT2D eigenvalue weighted by atomic mass is 9.97. The number of nitrogens with zero attached hydrogens (tertiary/aromatic N) is 4. The number of benzene rings is 1. The minimum Gasteiger partial charge on any atom is -0.350 e. The number of hydrogen-bond acceptors (Lipinski definition) is 7. The Morgan fingerprint density at radius 3 is 2.76 bits per heavy atom. The third-order valence-corrected chi connectivity index (χ3v) is 6.47. The van der Waals surface area contributed by atoms with Crippen LogP contribution in [0.2, 0.25) is 0 Å². The van der Waals surface area contributed by atoms with Crippen molar-refractivity contribution in [2.24, 2.45) is 5.92 Å². The van der Waals surface area contributed by atoms with Crippen LogP contribution in [0.1, 0.15) is 47.3 Å². The van der Waals surface area contributed by atoms with Gasteiger partial charge >= 0.3 is 0 Å². The standard InChI is InChI=1S/C22H25N7O4/c30-19-4-3-18(21(32)25-19)28-11-14-1-2-16(9-17(14)22(28)33)29-12-15(26-27-29)10-24-20(31)13-5-7-23-8-6-13/h1-2,9,12-13,18,23H,3-8,10-11H2,(H,24,31)(H,25,30,32). The molecule has 1 aromatic heterocycles. The fourth-order valence-electron chi connectivity index (χ4n) is 4.60. The van der Waals surface area contributed by atoms with Gasteiger partial charge in [0.25, 0.3) is 5.91 Å². The fraction of sp³-hybridized carbons (Fsp3) is 0.455. The molecule has 11 heteroatoms. The number of carbonyl (C=O) groups is 4. The van der Waals surface area contributed by atoms with Crippen molar-refractivity contribution < 1.29 is 19.2 Å². The Morgan fingerprint density at radius 2 is 1.97 bits per heavy atom. The quantitative estimate of drug-likeness (QED) is 0.528. The molecule has 0 saturated carbocycles. The molecule has 33 heavy (non-hydrogen) atoms. The van der Waals surface area contributed by atoms with Crippen LogP contribution in [0.3, 0.4) is 0 Å². The van der Waals surface area contributed by atoms with E-state index >= 15 is 0 Å². The first-order valence-corrected chi connectivity index (χ1v) is 11.2. The van der Waals surface area contributed by atoms with E-state index in [1.807, 2.05) is 12.1 Å². The molecule has 3 N–H and O–H groups in total. The van der Waals surface area contributed by atoms with Gasteiger partial charge in [-0.2, -0.15) is 0 Å². The first-order valence-electron chi connectivity index (χ1n) is 11.2. The van der Waals surface area contributed by atoms with Gasteiger partial charge in [-0.1, -0.05) is 11.3 Å². The van der Waals surface area contributed by atoms with E-state index in [4.69, 9.17) is 0 Å². The zero-order valence-corrected chi connectivity index (χ0v) is 18.0. The van der Waals surface area contributed by atoms with Crippen LogP contribution in [0.15, 0.2) is 24.4 Å². The van der Waals surface area contributed by atoms with Crippen molar-refractivity contribution in [3.63, 3.8) is 0 Å². The molecular formula is C22H25N7O4. The second-order valence-electron chi connectivity index (χ2n) is 8.64. The molecule has 0 bridgehead atoms. The molecule has 2 fully saturated rings. The summed E-state index contributed by atoms with van der Waals surface area (Å²) >= 11 is 0. The molecule has 4 heterocycles. The number of carbonyl (C=O) groups excluding carboxylic acids is 4. The highest BCUT2D eigenvalue weighted by atomic mass is 16.2. The summed E-state index contributed by atoms with van der Waals surface area (Å²) in [6, 6.07) is 4.77. The van der Waals surface area contributed by atoms with E-state index in [-0.39, 0.29) is 36.6 Å². The van der Waals surface area contributed by atoms with Gasteiger partial charge in [0.2, 0.25) is 17.7 Å². The minimum absolute atomic E-state index is 0.0244. The molecule has 1 atom stereocenters. The Kier molecular flexibility index (Phi) is 5.63. The maximum atomic E-state index is 13.0. The summed E-state index contributed by atoms with van der Waals surface area (Å²) in [6.45, 7) is 2.32. The number of imide groups is 1. The molecule has 4 amide bonds. The van der Waals surface area contributed by atoms with Crippen molar-refractivity contribution in [1.29, 1.82) is 0 Å². The second-order valence-corrected chi connectivity index (χ2v) is 8.64. The van der Waals surface area contributed by atoms with Crippen LogP contribution < -0.4 is 16.0 Å². The van der Waals surface area contributed by atoms with Gasteiger partial charge in [-0.15, -0.1) is 5.10 Å². The zero-order valence-electron chi connectivity index (χ0n) is 18.0. The van der Waals surface area contributed by atoms with Gasteiger partial charge in [0.1, 0.15) is 11.7 Å². The van der Waals surface area contributed by atoms with Crippen molar-refractivity contribution >= 4 is 23.6 Å². The Balaban J connectivity index is 1.25. The van der Waals surface area contributed by atoms with Crippen LogP contribution in [0.25, 0.3) is 5.69 Å². The lowest BCUT2D eigenvalue weighted by molar-refractivity contribution is -0.137. The van der Waals surface area contributed by atoms with E-state index in [0.717, 1.165) is 31.5 Å². The smallest absolute Gasteiger partial charge is 0.255 e. The first-order chi connectivity index (χ1) is 16.0. The van der Waals surface area contributed by atoms with E-state index in [0.29, 0.717) is 29.9 Å². The highest BCUT2D eigenvalue weighted by Crippen LogP contribution is 2.29. The topological polar surface area (TPSA) is 138 Å². The monoisotopic (exact) mass is 451 g/mol. The maximum Gasteiger partial charge on any atom is 0.255 e. The number of aromatic nitrogens is 3. The molecule has 2 aromatic rings. The third-order valence-electron chi connectivity index (χ3n) is 6.47. The lowest BCUT2D eigenvalue weighted by Crippen LogP contribution is -2.52. The van der Waals surface area contributed by atoms with Gasteiger partial charge in [-0.3, -0.25) is 24.5 Å². The van der Waals surface area contributed by atoms with Crippen molar-refractivity contribution in [2.45, 2.75) is 44.8 Å². The number of hydrogen-bond donors (Lipinski definition) is 3. The van der Waals surface area contributed by atoms with Crippen LogP contribution in [0.5, 0.6) is 0 Å². The number of amides is 4. The number of nitrogens with one attached hydrogen (secondary N) is 3. The molecule has 0 radical (unpaired) electrons.